The van der Waals surface area contributed by atoms with Crippen molar-refractivity contribution in [2.45, 2.75) is 59.3 Å². The Hall–Kier alpha value is -0.653. The third kappa shape index (κ3) is 9.87. The van der Waals surface area contributed by atoms with Crippen LogP contribution in [-0.2, 0) is 18.1 Å². The molecule has 0 heterocycles. The van der Waals surface area contributed by atoms with Crippen LogP contribution in [0.25, 0.3) is 0 Å². The second kappa shape index (κ2) is 12.4. The van der Waals surface area contributed by atoms with E-state index in [0.29, 0.717) is 25.2 Å². The third-order valence-corrected chi connectivity index (χ3v) is 3.97. The van der Waals surface area contributed by atoms with Crippen LogP contribution in [0.5, 0.6) is 0 Å². The van der Waals surface area contributed by atoms with Gasteiger partial charge in [0.2, 0.25) is 0 Å². The Morgan fingerprint density at radius 2 is 1.53 bits per heavy atom. The maximum atomic E-state index is 11.8. The molecule has 0 aromatic rings. The monoisotopic (exact) mass is 288 g/mol. The number of rotatable bonds is 12. The second-order valence-electron chi connectivity index (χ2n) is 4.50. The van der Waals surface area contributed by atoms with Gasteiger partial charge in [0.15, 0.2) is 0 Å². The smallest absolute Gasteiger partial charge is 0.472 e. The quantitative estimate of drug-likeness (QED) is 0.314. The lowest BCUT2D eigenvalue weighted by Crippen LogP contribution is -2.31. The first-order valence-corrected chi connectivity index (χ1v) is 8.69. The summed E-state index contributed by atoms with van der Waals surface area (Å²) >= 11 is 0. The molecule has 0 saturated heterocycles. The molecule has 0 amide bonds. The lowest BCUT2D eigenvalue weighted by Gasteiger charge is -2.17. The maximum absolute atomic E-state index is 11.8. The van der Waals surface area contributed by atoms with Crippen molar-refractivity contribution in [3.63, 3.8) is 0 Å². The van der Waals surface area contributed by atoms with E-state index in [2.05, 4.69) is 20.4 Å². The molecule has 0 saturated carbocycles. The van der Waals surface area contributed by atoms with Gasteiger partial charge >= 0.3 is 15.5 Å². The molecule has 0 bridgehead atoms. The molecular formula is C14H28O4Si. The van der Waals surface area contributed by atoms with E-state index in [0.717, 1.165) is 32.1 Å². The SMILES string of the molecule is C=C(CCC)C(=O)O[SiH](OCCCC)OCCCC. The van der Waals surface area contributed by atoms with Gasteiger partial charge in [-0.25, -0.2) is 4.79 Å². The highest BCUT2D eigenvalue weighted by atomic mass is 28.3. The van der Waals surface area contributed by atoms with E-state index in [1.54, 1.807) is 0 Å². The Morgan fingerprint density at radius 3 is 1.95 bits per heavy atom. The Balaban J connectivity index is 4.14. The van der Waals surface area contributed by atoms with Crippen LogP contribution in [0.15, 0.2) is 12.2 Å². The molecular weight excluding hydrogens is 260 g/mol. The number of carbonyl (C=O) groups excluding carboxylic acids is 1. The molecule has 0 fully saturated rings. The van der Waals surface area contributed by atoms with Crippen molar-refractivity contribution in [1.82, 2.24) is 0 Å². The fourth-order valence-corrected chi connectivity index (χ4v) is 2.63. The van der Waals surface area contributed by atoms with Crippen molar-refractivity contribution in [2.75, 3.05) is 13.2 Å². The maximum Gasteiger partial charge on any atom is 0.551 e. The second-order valence-corrected chi connectivity index (χ2v) is 5.98. The normalized spacial score (nSPS) is 10.7. The molecule has 4 nitrogen and oxygen atoms in total. The Labute approximate surface area is 119 Å². The first kappa shape index (κ1) is 18.3. The summed E-state index contributed by atoms with van der Waals surface area (Å²) in [4.78, 5) is 11.8. The zero-order valence-corrected chi connectivity index (χ0v) is 13.7. The minimum atomic E-state index is -2.35. The highest BCUT2D eigenvalue weighted by Gasteiger charge is 2.21. The van der Waals surface area contributed by atoms with Crippen LogP contribution < -0.4 is 0 Å². The van der Waals surface area contributed by atoms with Crippen LogP contribution in [0.1, 0.15) is 59.3 Å². The predicted molar refractivity (Wildman–Crippen MR) is 79.0 cm³/mol. The van der Waals surface area contributed by atoms with Crippen LogP contribution in [0, 0.1) is 0 Å². The zero-order valence-electron chi connectivity index (χ0n) is 12.6. The summed E-state index contributed by atoms with van der Waals surface area (Å²) in [5, 5.41) is 0. The van der Waals surface area contributed by atoms with E-state index in [-0.39, 0.29) is 5.97 Å². The van der Waals surface area contributed by atoms with Gasteiger partial charge in [-0.2, -0.15) is 0 Å². The summed E-state index contributed by atoms with van der Waals surface area (Å²) in [6.45, 7) is 11.1. The van der Waals surface area contributed by atoms with Gasteiger partial charge in [-0.15, -0.1) is 0 Å². The summed E-state index contributed by atoms with van der Waals surface area (Å²) in [5.41, 5.74) is 0.498. The molecule has 0 atom stereocenters. The Bertz CT molecular complexity index is 246. The minimum absolute atomic E-state index is 0.369. The van der Waals surface area contributed by atoms with Crippen LogP contribution in [0.4, 0.5) is 0 Å². The summed E-state index contributed by atoms with van der Waals surface area (Å²) in [6, 6.07) is 0. The van der Waals surface area contributed by atoms with Crippen molar-refractivity contribution >= 4 is 15.5 Å². The minimum Gasteiger partial charge on any atom is -0.472 e. The van der Waals surface area contributed by atoms with Crippen molar-refractivity contribution in [2.24, 2.45) is 0 Å². The average molecular weight is 288 g/mol. The van der Waals surface area contributed by atoms with Crippen LogP contribution in [-0.4, -0.2) is 28.7 Å². The van der Waals surface area contributed by atoms with E-state index >= 15 is 0 Å². The number of hydrogen-bond acceptors (Lipinski definition) is 4. The van der Waals surface area contributed by atoms with Crippen molar-refractivity contribution in [3.05, 3.63) is 12.2 Å². The van der Waals surface area contributed by atoms with E-state index in [9.17, 15) is 4.79 Å². The number of hydrogen-bond donors (Lipinski definition) is 0. The van der Waals surface area contributed by atoms with Gasteiger partial charge in [0.25, 0.3) is 0 Å². The first-order chi connectivity index (χ1) is 9.15. The van der Waals surface area contributed by atoms with E-state index in [4.69, 9.17) is 13.3 Å². The molecule has 0 aliphatic rings. The largest absolute Gasteiger partial charge is 0.551 e. The number of unbranched alkanes of at least 4 members (excludes halogenated alkanes) is 2. The topological polar surface area (TPSA) is 44.8 Å². The number of carbonyl (C=O) groups is 1. The first-order valence-electron chi connectivity index (χ1n) is 7.27. The summed E-state index contributed by atoms with van der Waals surface area (Å²) in [7, 11) is -2.35. The lowest BCUT2D eigenvalue weighted by atomic mass is 10.2. The van der Waals surface area contributed by atoms with Gasteiger partial charge in [-0.3, -0.25) is 0 Å². The zero-order chi connectivity index (χ0) is 14.5. The van der Waals surface area contributed by atoms with Gasteiger partial charge in [0, 0.05) is 18.8 Å². The standard InChI is InChI=1S/C14H28O4Si/c1-5-8-11-16-19(17-12-9-6-2)18-14(15)13(4)10-7-3/h19H,4-12H2,1-3H3. The third-order valence-electron chi connectivity index (χ3n) is 2.55. The molecule has 0 radical (unpaired) electrons. The average Bonchev–Trinajstić information content (AvgIpc) is 2.39. The van der Waals surface area contributed by atoms with Crippen molar-refractivity contribution < 1.29 is 18.1 Å². The molecule has 0 unspecified atom stereocenters. The van der Waals surface area contributed by atoms with Gasteiger partial charge in [0.1, 0.15) is 0 Å². The molecule has 5 heteroatoms. The van der Waals surface area contributed by atoms with Gasteiger partial charge in [-0.05, 0) is 19.3 Å². The van der Waals surface area contributed by atoms with Gasteiger partial charge in [-0.1, -0.05) is 46.6 Å². The summed E-state index contributed by atoms with van der Waals surface area (Å²) < 4.78 is 16.4. The van der Waals surface area contributed by atoms with Gasteiger partial charge in [0.05, 0.1) is 0 Å². The molecule has 0 spiro atoms. The molecule has 112 valence electrons. The van der Waals surface area contributed by atoms with Crippen LogP contribution in [0.2, 0.25) is 0 Å². The molecule has 0 aliphatic carbocycles. The molecule has 0 rings (SSSR count). The van der Waals surface area contributed by atoms with Crippen LogP contribution in [0.3, 0.4) is 0 Å². The fraction of sp³-hybridized carbons (Fsp3) is 0.786. The highest BCUT2D eigenvalue weighted by Crippen LogP contribution is 2.07. The molecule has 0 aliphatic heterocycles. The lowest BCUT2D eigenvalue weighted by molar-refractivity contribution is -0.133. The molecule has 0 aromatic carbocycles. The highest BCUT2D eigenvalue weighted by molar-refractivity contribution is 6.39. The Morgan fingerprint density at radius 1 is 1.00 bits per heavy atom. The van der Waals surface area contributed by atoms with E-state index < -0.39 is 9.53 Å². The molecule has 0 N–H and O–H groups in total. The molecule has 0 aromatic heterocycles. The fourth-order valence-electron chi connectivity index (χ4n) is 1.34. The predicted octanol–water partition coefficient (Wildman–Crippen LogP) is 3.24. The van der Waals surface area contributed by atoms with Gasteiger partial charge < -0.3 is 13.3 Å². The van der Waals surface area contributed by atoms with Crippen molar-refractivity contribution in [1.29, 1.82) is 0 Å². The van der Waals surface area contributed by atoms with E-state index in [1.165, 1.54) is 0 Å². The van der Waals surface area contributed by atoms with E-state index in [1.807, 2.05) is 6.92 Å². The van der Waals surface area contributed by atoms with Crippen LogP contribution >= 0.6 is 0 Å². The van der Waals surface area contributed by atoms with Crippen molar-refractivity contribution in [3.8, 4) is 0 Å². The summed E-state index contributed by atoms with van der Waals surface area (Å²) in [5.74, 6) is -0.369. The summed E-state index contributed by atoms with van der Waals surface area (Å²) in [6.07, 6.45) is 5.54. The molecule has 19 heavy (non-hydrogen) atoms. The Kier molecular flexibility index (Phi) is 12.0.